The number of fused-ring (bicyclic) bond motifs is 1. The van der Waals surface area contributed by atoms with Gasteiger partial charge >= 0.3 is 0 Å². The lowest BCUT2D eigenvalue weighted by molar-refractivity contribution is 0.0830. The van der Waals surface area contributed by atoms with Crippen molar-refractivity contribution in [1.29, 1.82) is 0 Å². The lowest BCUT2D eigenvalue weighted by Crippen LogP contribution is -2.33. The highest BCUT2D eigenvalue weighted by Crippen LogP contribution is 2.39. The molecule has 6 nitrogen and oxygen atoms in total. The lowest BCUT2D eigenvalue weighted by atomic mass is 9.95. The van der Waals surface area contributed by atoms with Crippen LogP contribution in [0.2, 0.25) is 0 Å². The van der Waals surface area contributed by atoms with Gasteiger partial charge in [0, 0.05) is 36.8 Å². The fraction of sp³-hybridized carbons (Fsp3) is 0.438. The van der Waals surface area contributed by atoms with Gasteiger partial charge in [-0.15, -0.1) is 0 Å². The van der Waals surface area contributed by atoms with Gasteiger partial charge in [-0.2, -0.15) is 0 Å². The zero-order chi connectivity index (χ0) is 15.7. The molecular formula is C16H20N2O4. The number of aromatic nitrogens is 1. The second kappa shape index (κ2) is 5.98. The molecule has 0 spiro atoms. The van der Waals surface area contributed by atoms with E-state index in [1.807, 2.05) is 25.1 Å². The first-order valence-corrected chi connectivity index (χ1v) is 7.18. The van der Waals surface area contributed by atoms with E-state index >= 15 is 0 Å². The minimum Gasteiger partial charge on any atom is -0.496 e. The summed E-state index contributed by atoms with van der Waals surface area (Å²) in [7, 11) is 3.24. The number of benzene rings is 1. The number of ether oxygens (including phenoxy) is 2. The summed E-state index contributed by atoms with van der Waals surface area (Å²) in [4.78, 5) is 2.12. The Morgan fingerprint density at radius 2 is 2.05 bits per heavy atom. The number of hydrogen-bond donors (Lipinski definition) is 1. The third-order valence-electron chi connectivity index (χ3n) is 3.92. The molecule has 1 atom stereocenters. The second-order valence-electron chi connectivity index (χ2n) is 5.48. The van der Waals surface area contributed by atoms with Crippen LogP contribution in [0.1, 0.15) is 28.7 Å². The van der Waals surface area contributed by atoms with Gasteiger partial charge in [-0.05, 0) is 19.1 Å². The Bertz CT molecular complexity index is 668. The molecule has 1 aromatic carbocycles. The molecule has 0 fully saturated rings. The Balaban J connectivity index is 1.90. The molecule has 2 aromatic rings. The molecule has 0 saturated carbocycles. The molecule has 0 radical (unpaired) electrons. The van der Waals surface area contributed by atoms with Crippen LogP contribution in [0, 0.1) is 6.92 Å². The van der Waals surface area contributed by atoms with E-state index in [1.165, 1.54) is 0 Å². The molecular weight excluding hydrogens is 284 g/mol. The van der Waals surface area contributed by atoms with E-state index in [4.69, 9.17) is 14.0 Å². The van der Waals surface area contributed by atoms with Crippen molar-refractivity contribution in [3.63, 3.8) is 0 Å². The van der Waals surface area contributed by atoms with Gasteiger partial charge in [0.25, 0.3) is 0 Å². The number of methoxy groups -OCH3 is 2. The summed E-state index contributed by atoms with van der Waals surface area (Å²) in [5.41, 5.74) is 2.63. The smallest absolute Gasteiger partial charge is 0.133 e. The number of aryl methyl sites for hydroxylation is 1. The summed E-state index contributed by atoms with van der Waals surface area (Å²) >= 11 is 0. The highest BCUT2D eigenvalue weighted by Gasteiger charge is 2.29. The minimum absolute atomic E-state index is 0.516. The molecule has 0 bridgehead atoms. The summed E-state index contributed by atoms with van der Waals surface area (Å²) in [5.74, 6) is 2.24. The molecule has 0 amide bonds. The van der Waals surface area contributed by atoms with E-state index in [2.05, 4.69) is 10.1 Å². The maximum absolute atomic E-state index is 10.5. The maximum atomic E-state index is 10.5. The van der Waals surface area contributed by atoms with Gasteiger partial charge in [-0.25, -0.2) is 0 Å². The van der Waals surface area contributed by atoms with Crippen LogP contribution in [0.5, 0.6) is 11.5 Å². The molecule has 1 aliphatic heterocycles. The predicted molar refractivity (Wildman–Crippen MR) is 79.9 cm³/mol. The number of aliphatic hydroxyl groups is 1. The zero-order valence-electron chi connectivity index (χ0n) is 13.0. The van der Waals surface area contributed by atoms with Crippen molar-refractivity contribution < 1.29 is 19.1 Å². The van der Waals surface area contributed by atoms with E-state index in [-0.39, 0.29) is 0 Å². The fourth-order valence-corrected chi connectivity index (χ4v) is 2.99. The van der Waals surface area contributed by atoms with Crippen molar-refractivity contribution >= 4 is 0 Å². The summed E-state index contributed by atoms with van der Waals surface area (Å²) in [6.07, 6.45) is -0.623. The third-order valence-corrected chi connectivity index (χ3v) is 3.92. The summed E-state index contributed by atoms with van der Waals surface area (Å²) in [6.45, 7) is 3.67. The molecule has 118 valence electrons. The SMILES string of the molecule is COc1ccc(OC)c2c1CN(Cc1cc(C)on1)C[C@@H]2O. The Hall–Kier alpha value is -2.05. The second-order valence-corrected chi connectivity index (χ2v) is 5.48. The quantitative estimate of drug-likeness (QED) is 0.932. The Labute approximate surface area is 129 Å². The highest BCUT2D eigenvalue weighted by atomic mass is 16.5. The van der Waals surface area contributed by atoms with E-state index in [9.17, 15) is 5.11 Å². The highest BCUT2D eigenvalue weighted by molar-refractivity contribution is 5.51. The van der Waals surface area contributed by atoms with Gasteiger partial charge in [0.2, 0.25) is 0 Å². The van der Waals surface area contributed by atoms with Crippen molar-refractivity contribution in [3.05, 3.63) is 40.8 Å². The predicted octanol–water partition coefficient (Wildman–Crippen LogP) is 2.05. The van der Waals surface area contributed by atoms with Gasteiger partial charge in [0.15, 0.2) is 0 Å². The standard InChI is InChI=1S/C16H20N2O4/c1-10-6-11(17-22-10)7-18-8-12-14(20-2)4-5-15(21-3)16(12)13(19)9-18/h4-6,13,19H,7-9H2,1-3H3/t13-/m0/s1. The van der Waals surface area contributed by atoms with Crippen LogP contribution in [0.3, 0.4) is 0 Å². The minimum atomic E-state index is -0.623. The molecule has 3 rings (SSSR count). The molecule has 22 heavy (non-hydrogen) atoms. The van der Waals surface area contributed by atoms with E-state index < -0.39 is 6.10 Å². The largest absolute Gasteiger partial charge is 0.496 e. The molecule has 2 heterocycles. The van der Waals surface area contributed by atoms with E-state index in [1.54, 1.807) is 14.2 Å². The first-order valence-electron chi connectivity index (χ1n) is 7.18. The molecule has 1 N–H and O–H groups in total. The summed E-state index contributed by atoms with van der Waals surface area (Å²) < 4.78 is 15.9. The Morgan fingerprint density at radius 3 is 2.68 bits per heavy atom. The monoisotopic (exact) mass is 304 g/mol. The zero-order valence-corrected chi connectivity index (χ0v) is 13.0. The van der Waals surface area contributed by atoms with Gasteiger partial charge in [0.05, 0.1) is 26.0 Å². The number of hydrogen-bond acceptors (Lipinski definition) is 6. The van der Waals surface area contributed by atoms with Crippen molar-refractivity contribution in [2.24, 2.45) is 0 Å². The van der Waals surface area contributed by atoms with Gasteiger partial charge in [-0.3, -0.25) is 4.90 Å². The summed E-state index contributed by atoms with van der Waals surface area (Å²) in [5, 5.41) is 14.5. The van der Waals surface area contributed by atoms with E-state index in [0.29, 0.717) is 25.4 Å². The number of nitrogens with zero attached hydrogens (tertiary/aromatic N) is 2. The van der Waals surface area contributed by atoms with Crippen molar-refractivity contribution in [3.8, 4) is 11.5 Å². The van der Waals surface area contributed by atoms with Crippen LogP contribution in [0.25, 0.3) is 0 Å². The Morgan fingerprint density at radius 1 is 1.32 bits per heavy atom. The Kier molecular flexibility index (Phi) is 4.04. The van der Waals surface area contributed by atoms with Gasteiger partial charge in [0.1, 0.15) is 17.3 Å². The van der Waals surface area contributed by atoms with Crippen molar-refractivity contribution in [2.75, 3.05) is 20.8 Å². The third kappa shape index (κ3) is 2.67. The van der Waals surface area contributed by atoms with Crippen LogP contribution in [-0.2, 0) is 13.1 Å². The average molecular weight is 304 g/mol. The molecule has 1 aromatic heterocycles. The molecule has 6 heteroatoms. The summed E-state index contributed by atoms with van der Waals surface area (Å²) in [6, 6.07) is 5.61. The van der Waals surface area contributed by atoms with Crippen LogP contribution >= 0.6 is 0 Å². The molecule has 1 aliphatic rings. The molecule has 0 saturated heterocycles. The number of rotatable bonds is 4. The normalized spacial score (nSPS) is 18.1. The topological polar surface area (TPSA) is 68.0 Å². The van der Waals surface area contributed by atoms with Crippen LogP contribution in [0.15, 0.2) is 22.7 Å². The van der Waals surface area contributed by atoms with Crippen LogP contribution in [0.4, 0.5) is 0 Å². The number of β-amino-alcohol motifs (C(OH)–C–C–N with tert-alkyl or cyclic N) is 1. The van der Waals surface area contributed by atoms with Gasteiger partial charge < -0.3 is 19.1 Å². The van der Waals surface area contributed by atoms with Crippen LogP contribution in [-0.4, -0.2) is 35.9 Å². The first kappa shape index (κ1) is 14.9. The molecule has 0 aliphatic carbocycles. The lowest BCUT2D eigenvalue weighted by Gasteiger charge is -2.33. The van der Waals surface area contributed by atoms with Crippen LogP contribution < -0.4 is 9.47 Å². The van der Waals surface area contributed by atoms with E-state index in [0.717, 1.165) is 28.3 Å². The number of aliphatic hydroxyl groups excluding tert-OH is 1. The van der Waals surface area contributed by atoms with Gasteiger partial charge in [-0.1, -0.05) is 5.16 Å². The van der Waals surface area contributed by atoms with Crippen molar-refractivity contribution in [1.82, 2.24) is 10.1 Å². The molecule has 0 unspecified atom stereocenters. The average Bonchev–Trinajstić information content (AvgIpc) is 2.91. The first-order chi connectivity index (χ1) is 10.6. The maximum Gasteiger partial charge on any atom is 0.133 e. The fourth-order valence-electron chi connectivity index (χ4n) is 2.99. The van der Waals surface area contributed by atoms with Crippen molar-refractivity contribution in [2.45, 2.75) is 26.1 Å².